The summed E-state index contributed by atoms with van der Waals surface area (Å²) in [6, 6.07) is 7.96. The summed E-state index contributed by atoms with van der Waals surface area (Å²) in [6.45, 7) is 7.74. The highest BCUT2D eigenvalue weighted by atomic mass is 16.4. The van der Waals surface area contributed by atoms with Gasteiger partial charge in [0.2, 0.25) is 0 Å². The summed E-state index contributed by atoms with van der Waals surface area (Å²) in [7, 11) is 1.92. The molecule has 130 valence electrons. The van der Waals surface area contributed by atoms with E-state index in [9.17, 15) is 9.90 Å². The van der Waals surface area contributed by atoms with Crippen molar-refractivity contribution in [3.8, 4) is 16.8 Å². The molecular formula is C19H22N4O2. The van der Waals surface area contributed by atoms with Crippen molar-refractivity contribution >= 4 is 5.97 Å². The van der Waals surface area contributed by atoms with Crippen LogP contribution in [0.15, 0.2) is 30.5 Å². The minimum absolute atomic E-state index is 0.262. The van der Waals surface area contributed by atoms with Gasteiger partial charge < -0.3 is 5.11 Å². The monoisotopic (exact) mass is 338 g/mol. The molecule has 0 atom stereocenters. The summed E-state index contributed by atoms with van der Waals surface area (Å²) in [5.74, 6) is -0.611. The highest BCUT2D eigenvalue weighted by Gasteiger charge is 2.19. The van der Waals surface area contributed by atoms with Crippen LogP contribution in [0.5, 0.6) is 0 Å². The van der Waals surface area contributed by atoms with Gasteiger partial charge in [0.05, 0.1) is 22.8 Å². The molecule has 2 heterocycles. The van der Waals surface area contributed by atoms with E-state index in [-0.39, 0.29) is 5.56 Å². The van der Waals surface area contributed by atoms with E-state index in [1.807, 2.05) is 42.2 Å². The predicted molar refractivity (Wildman–Crippen MR) is 96.3 cm³/mol. The number of aromatic nitrogens is 4. The molecule has 0 spiro atoms. The zero-order valence-corrected chi connectivity index (χ0v) is 15.1. The molecule has 6 heteroatoms. The third-order valence-electron chi connectivity index (χ3n) is 4.33. The van der Waals surface area contributed by atoms with Gasteiger partial charge in [-0.2, -0.15) is 10.2 Å². The van der Waals surface area contributed by atoms with Crippen LogP contribution in [0.1, 0.15) is 47.2 Å². The minimum atomic E-state index is -0.949. The van der Waals surface area contributed by atoms with Gasteiger partial charge in [-0.15, -0.1) is 0 Å². The van der Waals surface area contributed by atoms with Gasteiger partial charge in [-0.1, -0.05) is 26.0 Å². The maximum atomic E-state index is 11.4. The number of rotatable bonds is 4. The first kappa shape index (κ1) is 17.0. The molecule has 0 saturated heterocycles. The molecular weight excluding hydrogens is 316 g/mol. The predicted octanol–water partition coefficient (Wildman–Crippen LogP) is 3.71. The first-order valence-corrected chi connectivity index (χ1v) is 8.23. The first-order chi connectivity index (χ1) is 11.8. The van der Waals surface area contributed by atoms with E-state index in [0.29, 0.717) is 17.3 Å². The third kappa shape index (κ3) is 2.95. The molecule has 0 radical (unpaired) electrons. The van der Waals surface area contributed by atoms with Gasteiger partial charge in [-0.05, 0) is 37.5 Å². The van der Waals surface area contributed by atoms with E-state index in [1.54, 1.807) is 18.5 Å². The van der Waals surface area contributed by atoms with E-state index in [2.05, 4.69) is 24.0 Å². The summed E-state index contributed by atoms with van der Waals surface area (Å²) in [5, 5.41) is 18.2. The molecule has 25 heavy (non-hydrogen) atoms. The minimum Gasteiger partial charge on any atom is -0.478 e. The van der Waals surface area contributed by atoms with Crippen molar-refractivity contribution in [1.82, 2.24) is 19.6 Å². The first-order valence-electron chi connectivity index (χ1n) is 8.23. The van der Waals surface area contributed by atoms with Gasteiger partial charge in [0.1, 0.15) is 5.56 Å². The topological polar surface area (TPSA) is 72.9 Å². The van der Waals surface area contributed by atoms with E-state index >= 15 is 0 Å². The lowest BCUT2D eigenvalue weighted by Gasteiger charge is -2.08. The molecule has 0 aliphatic rings. The zero-order chi connectivity index (χ0) is 18.3. The molecule has 0 aliphatic heterocycles. The van der Waals surface area contributed by atoms with Crippen LogP contribution in [0.2, 0.25) is 0 Å². The van der Waals surface area contributed by atoms with Crippen molar-refractivity contribution in [1.29, 1.82) is 0 Å². The number of hydrogen-bond acceptors (Lipinski definition) is 3. The molecule has 0 aliphatic carbocycles. The largest absolute Gasteiger partial charge is 0.478 e. The lowest BCUT2D eigenvalue weighted by atomic mass is 10.00. The van der Waals surface area contributed by atoms with Crippen LogP contribution in [0.25, 0.3) is 16.8 Å². The number of carbonyl (C=O) groups is 1. The molecule has 0 bridgehead atoms. The summed E-state index contributed by atoms with van der Waals surface area (Å²) in [6.07, 6.45) is 2.02. The van der Waals surface area contributed by atoms with Crippen LogP contribution in [0.3, 0.4) is 0 Å². The smallest absolute Gasteiger partial charge is 0.339 e. The normalized spacial score (nSPS) is 11.3. The van der Waals surface area contributed by atoms with E-state index in [4.69, 9.17) is 0 Å². The Morgan fingerprint density at radius 3 is 2.28 bits per heavy atom. The fraction of sp³-hybridized carbons (Fsp3) is 0.316. The lowest BCUT2D eigenvalue weighted by molar-refractivity contribution is 0.0695. The van der Waals surface area contributed by atoms with Gasteiger partial charge in [-0.25, -0.2) is 9.48 Å². The van der Waals surface area contributed by atoms with Crippen molar-refractivity contribution < 1.29 is 9.90 Å². The number of aromatic carboxylic acids is 1. The second kappa shape index (κ2) is 6.20. The van der Waals surface area contributed by atoms with Gasteiger partial charge in [-0.3, -0.25) is 4.68 Å². The maximum Gasteiger partial charge on any atom is 0.339 e. The number of carboxylic acid groups (broad SMARTS) is 1. The van der Waals surface area contributed by atoms with Crippen molar-refractivity contribution in [3.05, 3.63) is 53.1 Å². The van der Waals surface area contributed by atoms with Crippen LogP contribution < -0.4 is 0 Å². The van der Waals surface area contributed by atoms with Crippen molar-refractivity contribution in [2.24, 2.45) is 7.05 Å². The number of carboxylic acids is 1. The summed E-state index contributed by atoms with van der Waals surface area (Å²) < 4.78 is 3.51. The van der Waals surface area contributed by atoms with Crippen molar-refractivity contribution in [2.75, 3.05) is 0 Å². The van der Waals surface area contributed by atoms with Gasteiger partial charge in [0.25, 0.3) is 0 Å². The molecule has 1 aromatic carbocycles. The SMILES string of the molecule is Cc1nn(-c2ccc(-c3cn(C)nc3C(C)C)cc2)c(C)c1C(=O)O. The molecule has 3 rings (SSSR count). The highest BCUT2D eigenvalue weighted by Crippen LogP contribution is 2.29. The van der Waals surface area contributed by atoms with Crippen LogP contribution in [0.4, 0.5) is 0 Å². The summed E-state index contributed by atoms with van der Waals surface area (Å²) >= 11 is 0. The van der Waals surface area contributed by atoms with E-state index in [1.165, 1.54) is 0 Å². The molecule has 3 aromatic rings. The van der Waals surface area contributed by atoms with Gasteiger partial charge in [0, 0.05) is 18.8 Å². The van der Waals surface area contributed by atoms with Crippen LogP contribution >= 0.6 is 0 Å². The number of aryl methyl sites for hydroxylation is 2. The Bertz CT molecular complexity index is 933. The molecule has 1 N–H and O–H groups in total. The fourth-order valence-electron chi connectivity index (χ4n) is 3.14. The van der Waals surface area contributed by atoms with Gasteiger partial charge >= 0.3 is 5.97 Å². The second-order valence-corrected chi connectivity index (χ2v) is 6.57. The molecule has 6 nitrogen and oxygen atoms in total. The lowest BCUT2D eigenvalue weighted by Crippen LogP contribution is -2.02. The molecule has 0 unspecified atom stereocenters. The average Bonchev–Trinajstić information content (AvgIpc) is 3.07. The number of nitrogens with zero attached hydrogens (tertiary/aromatic N) is 4. The standard InChI is InChI=1S/C19H22N4O2/c1-11(2)18-16(10-22(5)21-18)14-6-8-15(9-7-14)23-13(4)17(19(24)25)12(3)20-23/h6-11H,1-5H3,(H,24,25). The van der Waals surface area contributed by atoms with E-state index in [0.717, 1.165) is 22.5 Å². The quantitative estimate of drug-likeness (QED) is 0.787. The van der Waals surface area contributed by atoms with E-state index < -0.39 is 5.97 Å². The zero-order valence-electron chi connectivity index (χ0n) is 15.1. The van der Waals surface area contributed by atoms with Crippen molar-refractivity contribution in [2.45, 2.75) is 33.6 Å². The molecule has 0 amide bonds. The maximum absolute atomic E-state index is 11.4. The van der Waals surface area contributed by atoms with Crippen LogP contribution in [-0.4, -0.2) is 30.6 Å². The molecule has 0 fully saturated rings. The van der Waals surface area contributed by atoms with Crippen LogP contribution in [-0.2, 0) is 7.05 Å². The Labute approximate surface area is 146 Å². The summed E-state index contributed by atoms with van der Waals surface area (Å²) in [4.78, 5) is 11.4. The van der Waals surface area contributed by atoms with Gasteiger partial charge in [0.15, 0.2) is 0 Å². The average molecular weight is 338 g/mol. The number of benzene rings is 1. The fourth-order valence-corrected chi connectivity index (χ4v) is 3.14. The Morgan fingerprint density at radius 1 is 1.12 bits per heavy atom. The Hall–Kier alpha value is -2.89. The molecule has 0 saturated carbocycles. The molecule has 2 aromatic heterocycles. The Balaban J connectivity index is 2.02. The Morgan fingerprint density at radius 2 is 1.76 bits per heavy atom. The summed E-state index contributed by atoms with van der Waals surface area (Å²) in [5.41, 5.74) is 5.51. The number of hydrogen-bond donors (Lipinski definition) is 1. The third-order valence-corrected chi connectivity index (χ3v) is 4.33. The van der Waals surface area contributed by atoms with Crippen molar-refractivity contribution in [3.63, 3.8) is 0 Å². The highest BCUT2D eigenvalue weighted by molar-refractivity contribution is 5.90. The van der Waals surface area contributed by atoms with Crippen LogP contribution in [0, 0.1) is 13.8 Å². The second-order valence-electron chi connectivity index (χ2n) is 6.57. The Kier molecular flexibility index (Phi) is 4.20.